The number of carbonyl (C=O) groups excluding carboxylic acids is 1. The number of aromatic nitrogens is 1. The number of rotatable bonds is 8. The molecule has 0 spiro atoms. The molecule has 0 aliphatic carbocycles. The van der Waals surface area contributed by atoms with E-state index >= 15 is 0 Å². The Bertz CT molecular complexity index is 1860. The summed E-state index contributed by atoms with van der Waals surface area (Å²) in [6, 6.07) is 27.1. The molecule has 1 fully saturated rings. The fraction of sp³-hybridized carbons (Fsp3) is 0.222. The summed E-state index contributed by atoms with van der Waals surface area (Å²) in [4.78, 5) is 33.4. The Balaban J connectivity index is 1.27. The third kappa shape index (κ3) is 5.65. The molecule has 3 aromatic carbocycles. The summed E-state index contributed by atoms with van der Waals surface area (Å²) in [6.07, 6.45) is 9.10. The van der Waals surface area contributed by atoms with E-state index in [0.717, 1.165) is 49.5 Å². The lowest BCUT2D eigenvalue weighted by Gasteiger charge is -2.39. The molecule has 228 valence electrons. The van der Waals surface area contributed by atoms with Crippen LogP contribution in [0.3, 0.4) is 0 Å². The van der Waals surface area contributed by atoms with Crippen LogP contribution in [0.25, 0.3) is 16.5 Å². The predicted molar refractivity (Wildman–Crippen MR) is 181 cm³/mol. The maximum Gasteiger partial charge on any atom is 0.263 e. The molecule has 7 rings (SSSR count). The van der Waals surface area contributed by atoms with Crippen molar-refractivity contribution in [1.82, 2.24) is 28.7 Å². The summed E-state index contributed by atoms with van der Waals surface area (Å²) in [5.74, 6) is -0.169. The van der Waals surface area contributed by atoms with Crippen LogP contribution in [0.15, 0.2) is 126 Å². The number of carbonyl (C=O) groups is 1. The SMILES string of the molecule is CC[C@H](NC(=O)c1c(CN2CCN(C3=CC=CN4SNC=C34)CC2)n(-c2ccccc2)c(=O)c2ccccc12)c1ccccc1. The molecule has 0 unspecified atom stereocenters. The van der Waals surface area contributed by atoms with Crippen molar-refractivity contribution in [2.24, 2.45) is 0 Å². The van der Waals surface area contributed by atoms with Gasteiger partial charge in [0.2, 0.25) is 0 Å². The number of nitrogens with one attached hydrogen (secondary N) is 2. The van der Waals surface area contributed by atoms with Gasteiger partial charge in [0.05, 0.1) is 40.8 Å². The van der Waals surface area contributed by atoms with Crippen molar-refractivity contribution in [3.05, 3.63) is 148 Å². The van der Waals surface area contributed by atoms with Crippen LogP contribution in [-0.2, 0) is 6.54 Å². The number of nitrogens with zero attached hydrogens (tertiary/aromatic N) is 4. The van der Waals surface area contributed by atoms with Crippen molar-refractivity contribution in [2.75, 3.05) is 26.2 Å². The zero-order valence-corrected chi connectivity index (χ0v) is 26.0. The highest BCUT2D eigenvalue weighted by molar-refractivity contribution is 7.95. The maximum absolute atomic E-state index is 14.4. The minimum absolute atomic E-state index is 0.116. The fourth-order valence-electron chi connectivity index (χ4n) is 6.46. The Morgan fingerprint density at radius 3 is 2.31 bits per heavy atom. The van der Waals surface area contributed by atoms with Crippen molar-refractivity contribution in [1.29, 1.82) is 0 Å². The standard InChI is InChI=1S/C36H36N6O2S/c1-2-30(26-12-5-3-6-13-26)38-35(43)34-28-16-9-10-17-29(28)36(44)42(27-14-7-4-8-15-27)33(34)25-39-20-22-40(23-21-39)31-18-11-19-41-32(31)24-37-45-41/h3-19,24,30,37H,2,20-23,25H2,1H3,(H,38,43)/t30-/m0/s1. The lowest BCUT2D eigenvalue weighted by molar-refractivity contribution is 0.0932. The van der Waals surface area contributed by atoms with E-state index in [-0.39, 0.29) is 17.5 Å². The summed E-state index contributed by atoms with van der Waals surface area (Å²) >= 11 is 1.56. The minimum Gasteiger partial charge on any atom is -0.367 e. The van der Waals surface area contributed by atoms with Gasteiger partial charge in [-0.2, -0.15) is 0 Å². The van der Waals surface area contributed by atoms with Crippen molar-refractivity contribution in [3.8, 4) is 5.69 Å². The molecule has 1 amide bonds. The second-order valence-electron chi connectivity index (χ2n) is 11.4. The first-order valence-electron chi connectivity index (χ1n) is 15.5. The van der Waals surface area contributed by atoms with Crippen LogP contribution in [0.4, 0.5) is 0 Å². The summed E-state index contributed by atoms with van der Waals surface area (Å²) in [6.45, 7) is 5.83. The molecule has 1 atom stereocenters. The average molecular weight is 617 g/mol. The van der Waals surface area contributed by atoms with Gasteiger partial charge in [-0.3, -0.25) is 23.4 Å². The van der Waals surface area contributed by atoms with Gasteiger partial charge in [0.25, 0.3) is 11.5 Å². The zero-order valence-electron chi connectivity index (χ0n) is 25.2. The molecule has 1 saturated heterocycles. The molecule has 4 heterocycles. The van der Waals surface area contributed by atoms with Crippen LogP contribution in [0.2, 0.25) is 0 Å². The van der Waals surface area contributed by atoms with E-state index < -0.39 is 0 Å². The molecule has 1 aromatic heterocycles. The molecule has 9 heteroatoms. The monoisotopic (exact) mass is 616 g/mol. The number of hydrogen-bond acceptors (Lipinski definition) is 7. The Hall–Kier alpha value is -4.73. The van der Waals surface area contributed by atoms with Gasteiger partial charge in [-0.05, 0) is 42.3 Å². The van der Waals surface area contributed by atoms with Crippen LogP contribution < -0.4 is 15.6 Å². The molecule has 45 heavy (non-hydrogen) atoms. The number of amides is 1. The number of hydrogen-bond donors (Lipinski definition) is 2. The molecule has 0 bridgehead atoms. The molecular weight excluding hydrogens is 581 g/mol. The fourth-order valence-corrected chi connectivity index (χ4v) is 7.11. The first-order valence-corrected chi connectivity index (χ1v) is 16.3. The lowest BCUT2D eigenvalue weighted by atomic mass is 9.99. The van der Waals surface area contributed by atoms with Gasteiger partial charge >= 0.3 is 0 Å². The van der Waals surface area contributed by atoms with Gasteiger partial charge in [-0.15, -0.1) is 0 Å². The Morgan fingerprint density at radius 1 is 0.889 bits per heavy atom. The highest BCUT2D eigenvalue weighted by Gasteiger charge is 2.30. The largest absolute Gasteiger partial charge is 0.367 e. The van der Waals surface area contributed by atoms with Crippen molar-refractivity contribution >= 4 is 28.8 Å². The van der Waals surface area contributed by atoms with Crippen LogP contribution in [0, 0.1) is 0 Å². The van der Waals surface area contributed by atoms with E-state index in [2.05, 4.69) is 49.4 Å². The number of allylic oxidation sites excluding steroid dienone is 2. The predicted octanol–water partition coefficient (Wildman–Crippen LogP) is 5.71. The summed E-state index contributed by atoms with van der Waals surface area (Å²) in [5, 5.41) is 4.54. The van der Waals surface area contributed by atoms with Crippen molar-refractivity contribution < 1.29 is 4.79 Å². The van der Waals surface area contributed by atoms with Gasteiger partial charge < -0.3 is 14.9 Å². The lowest BCUT2D eigenvalue weighted by Crippen LogP contribution is -2.47. The van der Waals surface area contributed by atoms with Crippen LogP contribution in [-0.4, -0.2) is 50.8 Å². The summed E-state index contributed by atoms with van der Waals surface area (Å²) in [5.41, 5.74) is 5.32. The first-order chi connectivity index (χ1) is 22.1. The van der Waals surface area contributed by atoms with E-state index in [0.29, 0.717) is 28.6 Å². The molecule has 0 saturated carbocycles. The second-order valence-corrected chi connectivity index (χ2v) is 12.2. The number of piperazine rings is 1. The quantitative estimate of drug-likeness (QED) is 0.246. The van der Waals surface area contributed by atoms with Gasteiger partial charge in [0.15, 0.2) is 0 Å². The highest BCUT2D eigenvalue weighted by Crippen LogP contribution is 2.33. The van der Waals surface area contributed by atoms with Crippen LogP contribution in [0.5, 0.6) is 0 Å². The van der Waals surface area contributed by atoms with Gasteiger partial charge in [0, 0.05) is 61.6 Å². The third-order valence-electron chi connectivity index (χ3n) is 8.75. The number of fused-ring (bicyclic) bond motifs is 2. The smallest absolute Gasteiger partial charge is 0.263 e. The number of benzene rings is 3. The maximum atomic E-state index is 14.4. The van der Waals surface area contributed by atoms with E-state index in [1.165, 1.54) is 5.70 Å². The zero-order chi connectivity index (χ0) is 30.8. The van der Waals surface area contributed by atoms with E-state index in [1.54, 1.807) is 16.7 Å². The van der Waals surface area contributed by atoms with Crippen molar-refractivity contribution in [2.45, 2.75) is 25.9 Å². The second kappa shape index (κ2) is 12.7. The number of pyridine rings is 1. The number of para-hydroxylation sites is 1. The molecule has 4 aromatic rings. The van der Waals surface area contributed by atoms with Crippen molar-refractivity contribution in [3.63, 3.8) is 0 Å². The molecule has 2 N–H and O–H groups in total. The molecule has 3 aliphatic rings. The summed E-state index contributed by atoms with van der Waals surface area (Å²) < 4.78 is 7.14. The van der Waals surface area contributed by atoms with E-state index in [1.807, 2.05) is 91.1 Å². The molecule has 8 nitrogen and oxygen atoms in total. The Morgan fingerprint density at radius 2 is 1.58 bits per heavy atom. The van der Waals surface area contributed by atoms with Gasteiger partial charge in [-0.1, -0.05) is 73.7 Å². The third-order valence-corrected chi connectivity index (χ3v) is 9.49. The topological polar surface area (TPSA) is 72.9 Å². The molecular formula is C36H36N6O2S. The molecule has 3 aliphatic heterocycles. The van der Waals surface area contributed by atoms with E-state index in [4.69, 9.17) is 0 Å². The van der Waals surface area contributed by atoms with Gasteiger partial charge in [0.1, 0.15) is 0 Å². The van der Waals surface area contributed by atoms with Gasteiger partial charge in [-0.25, -0.2) is 0 Å². The average Bonchev–Trinajstić information content (AvgIpc) is 3.58. The van der Waals surface area contributed by atoms with Crippen LogP contribution >= 0.6 is 12.1 Å². The minimum atomic E-state index is -0.169. The highest BCUT2D eigenvalue weighted by atomic mass is 32.2. The Kier molecular flexibility index (Phi) is 8.19. The normalized spacial score (nSPS) is 17.0. The Labute approximate surface area is 267 Å². The summed E-state index contributed by atoms with van der Waals surface area (Å²) in [7, 11) is 0. The van der Waals surface area contributed by atoms with E-state index in [9.17, 15) is 9.59 Å². The molecule has 0 radical (unpaired) electrons. The first kappa shape index (κ1) is 29.0. The van der Waals surface area contributed by atoms with Crippen LogP contribution in [0.1, 0.15) is 41.0 Å².